The number of hydrogen-bond donors (Lipinski definition) is 0. The van der Waals surface area contributed by atoms with E-state index in [-0.39, 0.29) is 0 Å². The Morgan fingerprint density at radius 3 is 1.54 bits per heavy atom. The Morgan fingerprint density at radius 1 is 0.769 bits per heavy atom. The maximum absolute atomic E-state index is 2.49. The Kier molecular flexibility index (Phi) is 4.83. The van der Waals surface area contributed by atoms with E-state index < -0.39 is 0 Å². The summed E-state index contributed by atoms with van der Waals surface area (Å²) in [5, 5.41) is 0. The molecule has 1 rings (SSSR count). The van der Waals surface area contributed by atoms with Gasteiger partial charge in [0.1, 0.15) is 0 Å². The molecule has 0 aromatic rings. The average molecular weight is 182 g/mol. The van der Waals surface area contributed by atoms with Crippen LogP contribution in [0.3, 0.4) is 0 Å². The molecule has 1 saturated carbocycles. The highest BCUT2D eigenvalue weighted by atomic mass is 14.3. The molecule has 0 spiro atoms. The largest absolute Gasteiger partial charge is 0.0649 e. The normalized spacial score (nSPS) is 25.4. The van der Waals surface area contributed by atoms with Gasteiger partial charge in [-0.05, 0) is 18.3 Å². The smallest absolute Gasteiger partial charge is 0.0328 e. The van der Waals surface area contributed by atoms with E-state index in [1.54, 1.807) is 0 Å². The van der Waals surface area contributed by atoms with Crippen LogP contribution in [0.2, 0.25) is 0 Å². The standard InChI is InChI=1S/C13H26/c1-3-13(2)11-9-7-5-4-6-8-10-12-13/h3-12H2,1-2H3. The Bertz CT molecular complexity index is 116. The van der Waals surface area contributed by atoms with E-state index in [0.717, 1.165) is 0 Å². The summed E-state index contributed by atoms with van der Waals surface area (Å²) in [4.78, 5) is 0. The van der Waals surface area contributed by atoms with E-state index in [9.17, 15) is 0 Å². The molecule has 0 unspecified atom stereocenters. The van der Waals surface area contributed by atoms with Gasteiger partial charge in [0.25, 0.3) is 0 Å². The minimum absolute atomic E-state index is 0.678. The topological polar surface area (TPSA) is 0 Å². The fourth-order valence-electron chi connectivity index (χ4n) is 2.47. The van der Waals surface area contributed by atoms with E-state index in [1.165, 1.54) is 64.2 Å². The van der Waals surface area contributed by atoms with Crippen molar-refractivity contribution < 1.29 is 0 Å². The zero-order valence-electron chi connectivity index (χ0n) is 9.57. The molecular formula is C13H26. The highest BCUT2D eigenvalue weighted by Crippen LogP contribution is 2.35. The molecule has 0 aromatic carbocycles. The maximum atomic E-state index is 2.49. The molecule has 0 amide bonds. The summed E-state index contributed by atoms with van der Waals surface area (Å²) in [6.07, 6.45) is 14.7. The summed E-state index contributed by atoms with van der Waals surface area (Å²) in [6.45, 7) is 4.86. The van der Waals surface area contributed by atoms with Crippen molar-refractivity contribution in [2.75, 3.05) is 0 Å². The fourth-order valence-corrected chi connectivity index (χ4v) is 2.47. The van der Waals surface area contributed by atoms with Crippen molar-refractivity contribution >= 4 is 0 Å². The first-order valence-corrected chi connectivity index (χ1v) is 6.27. The average Bonchev–Trinajstić information content (AvgIpc) is 2.16. The molecular weight excluding hydrogens is 156 g/mol. The van der Waals surface area contributed by atoms with Crippen LogP contribution in [0.15, 0.2) is 0 Å². The Hall–Kier alpha value is 0. The quantitative estimate of drug-likeness (QED) is 0.539. The first-order chi connectivity index (χ1) is 6.27. The first-order valence-electron chi connectivity index (χ1n) is 6.27. The van der Waals surface area contributed by atoms with Gasteiger partial charge in [-0.25, -0.2) is 0 Å². The molecule has 0 radical (unpaired) electrons. The SMILES string of the molecule is CCC1(C)CCCCCCCCC1. The molecule has 0 heteroatoms. The zero-order chi connectivity index (χ0) is 9.57. The summed E-state index contributed by atoms with van der Waals surface area (Å²) < 4.78 is 0. The van der Waals surface area contributed by atoms with Crippen LogP contribution in [0, 0.1) is 5.41 Å². The molecule has 0 aliphatic heterocycles. The van der Waals surface area contributed by atoms with Gasteiger partial charge in [0.15, 0.2) is 0 Å². The van der Waals surface area contributed by atoms with Gasteiger partial charge in [-0.15, -0.1) is 0 Å². The first kappa shape index (κ1) is 11.1. The monoisotopic (exact) mass is 182 g/mol. The van der Waals surface area contributed by atoms with Crippen molar-refractivity contribution in [2.24, 2.45) is 5.41 Å². The second-order valence-electron chi connectivity index (χ2n) is 5.14. The van der Waals surface area contributed by atoms with Crippen molar-refractivity contribution in [3.05, 3.63) is 0 Å². The van der Waals surface area contributed by atoms with Gasteiger partial charge in [0, 0.05) is 0 Å². The molecule has 1 fully saturated rings. The van der Waals surface area contributed by atoms with Gasteiger partial charge >= 0.3 is 0 Å². The van der Waals surface area contributed by atoms with Gasteiger partial charge in [-0.3, -0.25) is 0 Å². The second kappa shape index (κ2) is 5.67. The number of hydrogen-bond acceptors (Lipinski definition) is 0. The third-order valence-electron chi connectivity index (χ3n) is 3.91. The van der Waals surface area contributed by atoms with Gasteiger partial charge in [0.2, 0.25) is 0 Å². The molecule has 78 valence electrons. The summed E-state index contributed by atoms with van der Waals surface area (Å²) in [5.74, 6) is 0. The van der Waals surface area contributed by atoms with Crippen molar-refractivity contribution in [2.45, 2.75) is 78.1 Å². The van der Waals surface area contributed by atoms with Crippen molar-refractivity contribution in [1.82, 2.24) is 0 Å². The predicted molar refractivity (Wildman–Crippen MR) is 60.0 cm³/mol. The molecule has 1 aliphatic carbocycles. The van der Waals surface area contributed by atoms with Gasteiger partial charge in [0.05, 0.1) is 0 Å². The fraction of sp³-hybridized carbons (Fsp3) is 1.00. The minimum atomic E-state index is 0.678. The minimum Gasteiger partial charge on any atom is -0.0649 e. The van der Waals surface area contributed by atoms with E-state index in [2.05, 4.69) is 13.8 Å². The summed E-state index contributed by atoms with van der Waals surface area (Å²) in [6, 6.07) is 0. The zero-order valence-corrected chi connectivity index (χ0v) is 9.57. The molecule has 0 N–H and O–H groups in total. The molecule has 0 atom stereocenters. The summed E-state index contributed by atoms with van der Waals surface area (Å²) >= 11 is 0. The van der Waals surface area contributed by atoms with Gasteiger partial charge in [-0.2, -0.15) is 0 Å². The van der Waals surface area contributed by atoms with Crippen LogP contribution >= 0.6 is 0 Å². The van der Waals surface area contributed by atoms with Crippen LogP contribution in [-0.4, -0.2) is 0 Å². The number of rotatable bonds is 1. The van der Waals surface area contributed by atoms with Crippen molar-refractivity contribution in [1.29, 1.82) is 0 Å². The predicted octanol–water partition coefficient (Wildman–Crippen LogP) is 4.93. The molecule has 0 aromatic heterocycles. The summed E-state index contributed by atoms with van der Waals surface area (Å²) in [5.41, 5.74) is 0.678. The lowest BCUT2D eigenvalue weighted by Crippen LogP contribution is -2.15. The highest BCUT2D eigenvalue weighted by Gasteiger charge is 2.21. The lowest BCUT2D eigenvalue weighted by Gasteiger charge is -2.29. The van der Waals surface area contributed by atoms with Crippen molar-refractivity contribution in [3.8, 4) is 0 Å². The van der Waals surface area contributed by atoms with Gasteiger partial charge in [-0.1, -0.05) is 65.2 Å². The van der Waals surface area contributed by atoms with Crippen LogP contribution in [-0.2, 0) is 0 Å². The van der Waals surface area contributed by atoms with Crippen LogP contribution in [0.1, 0.15) is 78.1 Å². The molecule has 0 nitrogen and oxygen atoms in total. The molecule has 1 aliphatic rings. The lowest BCUT2D eigenvalue weighted by molar-refractivity contribution is 0.236. The lowest BCUT2D eigenvalue weighted by atomic mass is 9.77. The Morgan fingerprint density at radius 2 is 1.15 bits per heavy atom. The van der Waals surface area contributed by atoms with E-state index in [4.69, 9.17) is 0 Å². The summed E-state index contributed by atoms with van der Waals surface area (Å²) in [7, 11) is 0. The van der Waals surface area contributed by atoms with E-state index >= 15 is 0 Å². The third kappa shape index (κ3) is 4.15. The van der Waals surface area contributed by atoms with Crippen LogP contribution < -0.4 is 0 Å². The molecule has 0 bridgehead atoms. The van der Waals surface area contributed by atoms with Crippen LogP contribution in [0.4, 0.5) is 0 Å². The van der Waals surface area contributed by atoms with Gasteiger partial charge < -0.3 is 0 Å². The Labute approximate surface area is 84.1 Å². The third-order valence-corrected chi connectivity index (χ3v) is 3.91. The van der Waals surface area contributed by atoms with Crippen LogP contribution in [0.5, 0.6) is 0 Å². The van der Waals surface area contributed by atoms with E-state index in [0.29, 0.717) is 5.41 Å². The molecule has 13 heavy (non-hydrogen) atoms. The molecule has 0 heterocycles. The Balaban J connectivity index is 2.34. The second-order valence-corrected chi connectivity index (χ2v) is 5.14. The van der Waals surface area contributed by atoms with Crippen LogP contribution in [0.25, 0.3) is 0 Å². The maximum Gasteiger partial charge on any atom is -0.0328 e. The highest BCUT2D eigenvalue weighted by molar-refractivity contribution is 4.73. The van der Waals surface area contributed by atoms with E-state index in [1.807, 2.05) is 0 Å². The molecule has 0 saturated heterocycles. The van der Waals surface area contributed by atoms with Crippen molar-refractivity contribution in [3.63, 3.8) is 0 Å².